The number of nitrogens with zero attached hydrogens (tertiary/aromatic N) is 5. The fourth-order valence-electron chi connectivity index (χ4n) is 2.25. The predicted octanol–water partition coefficient (Wildman–Crippen LogP) is 2.49. The molecule has 0 aliphatic rings. The van der Waals surface area contributed by atoms with Gasteiger partial charge in [-0.3, -0.25) is 4.68 Å². The minimum atomic E-state index is -4.51. The normalized spacial score (nSPS) is 11.6. The van der Waals surface area contributed by atoms with Crippen LogP contribution >= 0.6 is 0 Å². The standard InChI is InChI=1S/C15H14F3N7/c1-25-5-4-12(24-25)22-14-21-8-20-13(23-14)9-2-3-10(7-19)11(6-9)15(16,17)18/h2-6,8H,7,19H2,1H3,(H,20,21,22,23,24). The lowest BCUT2D eigenvalue weighted by atomic mass is 10.0. The second kappa shape index (κ2) is 6.48. The molecule has 0 bridgehead atoms. The highest BCUT2D eigenvalue weighted by Gasteiger charge is 2.33. The predicted molar refractivity (Wildman–Crippen MR) is 84.6 cm³/mol. The first-order valence-electron chi connectivity index (χ1n) is 7.23. The summed E-state index contributed by atoms with van der Waals surface area (Å²) in [5.41, 5.74) is 4.82. The molecule has 130 valence electrons. The van der Waals surface area contributed by atoms with Gasteiger partial charge >= 0.3 is 6.18 Å². The first-order chi connectivity index (χ1) is 11.9. The SMILES string of the molecule is Cn1ccc(Nc2ncnc(-c3ccc(CN)c(C(F)(F)F)c3)n2)n1. The summed E-state index contributed by atoms with van der Waals surface area (Å²) in [6.07, 6.45) is -1.56. The number of hydrogen-bond donors (Lipinski definition) is 2. The highest BCUT2D eigenvalue weighted by molar-refractivity contribution is 5.59. The Hall–Kier alpha value is -3.01. The van der Waals surface area contributed by atoms with E-state index < -0.39 is 11.7 Å². The van der Waals surface area contributed by atoms with Crippen molar-refractivity contribution >= 4 is 11.8 Å². The molecule has 0 atom stereocenters. The Morgan fingerprint density at radius 1 is 1.20 bits per heavy atom. The number of aromatic nitrogens is 5. The molecule has 0 amide bonds. The Labute approximate surface area is 140 Å². The van der Waals surface area contributed by atoms with Gasteiger partial charge in [0.05, 0.1) is 5.56 Å². The maximum Gasteiger partial charge on any atom is 0.416 e. The molecule has 0 saturated heterocycles. The van der Waals surface area contributed by atoms with Gasteiger partial charge in [-0.2, -0.15) is 23.3 Å². The molecule has 0 spiro atoms. The molecule has 2 heterocycles. The minimum absolute atomic E-state index is 0.0112. The summed E-state index contributed by atoms with van der Waals surface area (Å²) >= 11 is 0. The number of hydrogen-bond acceptors (Lipinski definition) is 6. The number of alkyl halides is 3. The van der Waals surface area contributed by atoms with Crippen LogP contribution in [0.3, 0.4) is 0 Å². The summed E-state index contributed by atoms with van der Waals surface area (Å²) in [7, 11) is 1.75. The third-order valence-electron chi connectivity index (χ3n) is 3.42. The second-order valence-electron chi connectivity index (χ2n) is 5.21. The van der Waals surface area contributed by atoms with Crippen LogP contribution < -0.4 is 11.1 Å². The Morgan fingerprint density at radius 2 is 2.00 bits per heavy atom. The van der Waals surface area contributed by atoms with Crippen LogP contribution in [0.1, 0.15) is 11.1 Å². The number of benzene rings is 1. The van der Waals surface area contributed by atoms with Crippen molar-refractivity contribution in [3.63, 3.8) is 0 Å². The lowest BCUT2D eigenvalue weighted by Gasteiger charge is -2.13. The van der Waals surface area contributed by atoms with E-state index >= 15 is 0 Å². The van der Waals surface area contributed by atoms with Crippen LogP contribution in [0.2, 0.25) is 0 Å². The Kier molecular flexibility index (Phi) is 4.36. The van der Waals surface area contributed by atoms with Gasteiger partial charge in [0.25, 0.3) is 0 Å². The van der Waals surface area contributed by atoms with E-state index in [4.69, 9.17) is 5.73 Å². The summed E-state index contributed by atoms with van der Waals surface area (Å²) in [5.74, 6) is 0.803. The molecule has 3 aromatic rings. The third-order valence-corrected chi connectivity index (χ3v) is 3.42. The van der Waals surface area contributed by atoms with Gasteiger partial charge in [0.1, 0.15) is 6.33 Å². The van der Waals surface area contributed by atoms with Crippen LogP contribution in [-0.2, 0) is 19.8 Å². The van der Waals surface area contributed by atoms with E-state index in [0.717, 1.165) is 6.07 Å². The van der Waals surface area contributed by atoms with E-state index in [9.17, 15) is 13.2 Å². The lowest BCUT2D eigenvalue weighted by Crippen LogP contribution is -2.12. The summed E-state index contributed by atoms with van der Waals surface area (Å²) in [5, 5.41) is 6.99. The van der Waals surface area contributed by atoms with Crippen molar-refractivity contribution in [3.05, 3.63) is 47.9 Å². The van der Waals surface area contributed by atoms with E-state index in [-0.39, 0.29) is 29.4 Å². The Balaban J connectivity index is 1.95. The molecule has 25 heavy (non-hydrogen) atoms. The van der Waals surface area contributed by atoms with E-state index in [2.05, 4.69) is 25.4 Å². The summed E-state index contributed by atoms with van der Waals surface area (Å²) in [6.45, 7) is -0.210. The second-order valence-corrected chi connectivity index (χ2v) is 5.21. The number of rotatable bonds is 4. The van der Waals surface area contributed by atoms with Crippen molar-refractivity contribution < 1.29 is 13.2 Å². The van der Waals surface area contributed by atoms with E-state index in [1.807, 2.05) is 0 Å². The molecule has 0 fully saturated rings. The number of halogens is 3. The number of nitrogens with one attached hydrogen (secondary N) is 1. The quantitative estimate of drug-likeness (QED) is 0.751. The molecular formula is C15H14F3N7. The smallest absolute Gasteiger partial charge is 0.326 e. The van der Waals surface area contributed by atoms with E-state index in [1.54, 1.807) is 24.0 Å². The molecule has 0 aliphatic heterocycles. The monoisotopic (exact) mass is 349 g/mol. The molecular weight excluding hydrogens is 335 g/mol. The van der Waals surface area contributed by atoms with Crippen molar-refractivity contribution in [1.82, 2.24) is 24.7 Å². The molecule has 10 heteroatoms. The maximum absolute atomic E-state index is 13.2. The fourth-order valence-corrected chi connectivity index (χ4v) is 2.25. The van der Waals surface area contributed by atoms with E-state index in [1.165, 1.54) is 18.5 Å². The highest BCUT2D eigenvalue weighted by Crippen LogP contribution is 2.34. The molecule has 0 aliphatic carbocycles. The van der Waals surface area contributed by atoms with Crippen LogP contribution in [0.15, 0.2) is 36.8 Å². The van der Waals surface area contributed by atoms with Gasteiger partial charge in [-0.15, -0.1) is 0 Å². The van der Waals surface area contributed by atoms with Crippen molar-refractivity contribution in [2.24, 2.45) is 12.8 Å². The van der Waals surface area contributed by atoms with Gasteiger partial charge in [-0.25, -0.2) is 9.97 Å². The van der Waals surface area contributed by atoms with Crippen LogP contribution in [0, 0.1) is 0 Å². The van der Waals surface area contributed by atoms with Crippen molar-refractivity contribution in [2.45, 2.75) is 12.7 Å². The molecule has 3 rings (SSSR count). The molecule has 1 aromatic carbocycles. The van der Waals surface area contributed by atoms with Gasteiger partial charge in [0, 0.05) is 31.4 Å². The van der Waals surface area contributed by atoms with Crippen LogP contribution in [-0.4, -0.2) is 24.7 Å². The topological polar surface area (TPSA) is 94.5 Å². The number of aryl methyl sites for hydroxylation is 1. The zero-order chi connectivity index (χ0) is 18.0. The Morgan fingerprint density at radius 3 is 2.64 bits per heavy atom. The van der Waals surface area contributed by atoms with Gasteiger partial charge in [-0.05, 0) is 11.6 Å². The number of anilines is 2. The molecule has 0 unspecified atom stereocenters. The summed E-state index contributed by atoms with van der Waals surface area (Å²) in [4.78, 5) is 12.0. The molecule has 3 N–H and O–H groups in total. The average molecular weight is 349 g/mol. The van der Waals surface area contributed by atoms with Crippen molar-refractivity contribution in [1.29, 1.82) is 0 Å². The Bertz CT molecular complexity index is 889. The van der Waals surface area contributed by atoms with E-state index in [0.29, 0.717) is 5.82 Å². The van der Waals surface area contributed by atoms with Crippen LogP contribution in [0.4, 0.5) is 24.9 Å². The van der Waals surface area contributed by atoms with Gasteiger partial charge < -0.3 is 11.1 Å². The largest absolute Gasteiger partial charge is 0.416 e. The van der Waals surface area contributed by atoms with Crippen LogP contribution in [0.5, 0.6) is 0 Å². The summed E-state index contributed by atoms with van der Waals surface area (Å²) in [6, 6.07) is 5.52. The number of nitrogens with two attached hydrogens (primary N) is 1. The van der Waals surface area contributed by atoms with Crippen molar-refractivity contribution in [3.8, 4) is 11.4 Å². The fraction of sp³-hybridized carbons (Fsp3) is 0.200. The molecule has 0 saturated carbocycles. The van der Waals surface area contributed by atoms with Gasteiger partial charge in [0.2, 0.25) is 5.95 Å². The molecule has 2 aromatic heterocycles. The van der Waals surface area contributed by atoms with Gasteiger partial charge in [0.15, 0.2) is 11.6 Å². The lowest BCUT2D eigenvalue weighted by molar-refractivity contribution is -0.138. The average Bonchev–Trinajstić information content (AvgIpc) is 2.98. The first kappa shape index (κ1) is 16.8. The first-order valence-corrected chi connectivity index (χ1v) is 7.23. The highest BCUT2D eigenvalue weighted by atomic mass is 19.4. The maximum atomic E-state index is 13.2. The minimum Gasteiger partial charge on any atom is -0.326 e. The summed E-state index contributed by atoms with van der Waals surface area (Å²) < 4.78 is 41.1. The zero-order valence-electron chi connectivity index (χ0n) is 13.1. The molecule has 7 nitrogen and oxygen atoms in total. The van der Waals surface area contributed by atoms with Gasteiger partial charge in [-0.1, -0.05) is 12.1 Å². The van der Waals surface area contributed by atoms with Crippen LogP contribution in [0.25, 0.3) is 11.4 Å². The third kappa shape index (κ3) is 3.74. The van der Waals surface area contributed by atoms with Crippen molar-refractivity contribution in [2.75, 3.05) is 5.32 Å². The molecule has 0 radical (unpaired) electrons. The zero-order valence-corrected chi connectivity index (χ0v) is 13.1.